The van der Waals surface area contributed by atoms with E-state index in [4.69, 9.17) is 16.7 Å². The minimum Gasteiger partial charge on any atom is -0.449 e. The predicted molar refractivity (Wildman–Crippen MR) is 72.7 cm³/mol. The van der Waals surface area contributed by atoms with Gasteiger partial charge in [0.05, 0.1) is 10.0 Å². The van der Waals surface area contributed by atoms with Gasteiger partial charge in [0.25, 0.3) is 11.8 Å². The van der Waals surface area contributed by atoms with Crippen molar-refractivity contribution >= 4 is 40.8 Å². The van der Waals surface area contributed by atoms with E-state index in [0.29, 0.717) is 10.0 Å². The number of carboxylic acid groups (broad SMARTS) is 1. The average Bonchev–Trinajstić information content (AvgIpc) is 2.72. The zero-order chi connectivity index (χ0) is 14.7. The molecule has 2 heterocycles. The van der Waals surface area contributed by atoms with Crippen LogP contribution in [-0.2, 0) is 0 Å². The number of hydrogen-bond donors (Lipinski definition) is 2. The maximum atomic E-state index is 12.0. The number of nitrogens with one attached hydrogen (secondary N) is 1. The number of rotatable bonds is 3. The van der Waals surface area contributed by atoms with Crippen LogP contribution in [0.3, 0.4) is 0 Å². The van der Waals surface area contributed by atoms with Gasteiger partial charge < -0.3 is 15.2 Å². The van der Waals surface area contributed by atoms with E-state index in [-0.39, 0.29) is 16.6 Å². The van der Waals surface area contributed by atoms with Crippen LogP contribution in [0, 0.1) is 6.92 Å². The molecular formula is C11H8ClN3O4S. The highest BCUT2D eigenvalue weighted by Gasteiger charge is 2.20. The second kappa shape index (κ2) is 5.85. The number of thiazole rings is 1. The number of ether oxygens (including phenoxy) is 1. The van der Waals surface area contributed by atoms with Crippen molar-refractivity contribution in [3.05, 3.63) is 33.2 Å². The number of carbonyl (C=O) groups is 2. The van der Waals surface area contributed by atoms with Gasteiger partial charge >= 0.3 is 6.16 Å². The van der Waals surface area contributed by atoms with Gasteiger partial charge in [-0.25, -0.2) is 14.8 Å². The Morgan fingerprint density at radius 3 is 2.80 bits per heavy atom. The van der Waals surface area contributed by atoms with Gasteiger partial charge in [-0.05, 0) is 19.1 Å². The van der Waals surface area contributed by atoms with Crippen LogP contribution in [0.2, 0.25) is 5.02 Å². The van der Waals surface area contributed by atoms with E-state index in [1.807, 2.05) is 0 Å². The molecule has 7 nitrogen and oxygen atoms in total. The van der Waals surface area contributed by atoms with Crippen LogP contribution in [0.1, 0.15) is 14.7 Å². The molecule has 0 bridgehead atoms. The molecule has 0 saturated carbocycles. The molecule has 104 valence electrons. The minimum absolute atomic E-state index is 0.0571. The number of halogens is 1. The van der Waals surface area contributed by atoms with E-state index in [1.165, 1.54) is 12.3 Å². The van der Waals surface area contributed by atoms with Crippen molar-refractivity contribution in [2.45, 2.75) is 6.92 Å². The lowest BCUT2D eigenvalue weighted by Crippen LogP contribution is -2.14. The van der Waals surface area contributed by atoms with E-state index in [2.05, 4.69) is 20.0 Å². The maximum Gasteiger partial charge on any atom is 0.512 e. The summed E-state index contributed by atoms with van der Waals surface area (Å²) in [6.07, 6.45) is -0.155. The standard InChI is InChI=1S/C11H8ClN3O4S/c1-5-14-10(19-11(17)18)8(20-5)9(16)15-7-3-2-6(12)4-13-7/h2-4H,1H3,(H,17,18)(H,13,15,16). The molecule has 0 saturated heterocycles. The molecule has 2 rings (SSSR count). The fourth-order valence-electron chi connectivity index (χ4n) is 1.33. The quantitative estimate of drug-likeness (QED) is 0.845. The highest BCUT2D eigenvalue weighted by molar-refractivity contribution is 7.14. The zero-order valence-corrected chi connectivity index (χ0v) is 11.7. The Labute approximate surface area is 122 Å². The number of pyridine rings is 1. The minimum atomic E-state index is -1.53. The lowest BCUT2D eigenvalue weighted by molar-refractivity contribution is 0.102. The van der Waals surface area contributed by atoms with Crippen LogP contribution >= 0.6 is 22.9 Å². The van der Waals surface area contributed by atoms with Crippen molar-refractivity contribution in [3.8, 4) is 5.88 Å². The highest BCUT2D eigenvalue weighted by atomic mass is 35.5. The molecule has 2 aromatic rings. The van der Waals surface area contributed by atoms with Crippen LogP contribution in [-0.4, -0.2) is 27.1 Å². The summed E-state index contributed by atoms with van der Waals surface area (Å²) < 4.78 is 4.46. The average molecular weight is 314 g/mol. The summed E-state index contributed by atoms with van der Waals surface area (Å²) in [5.41, 5.74) is 0. The van der Waals surface area contributed by atoms with Gasteiger partial charge in [0.2, 0.25) is 0 Å². The Bertz CT molecular complexity index is 656. The van der Waals surface area contributed by atoms with Crippen molar-refractivity contribution in [1.29, 1.82) is 0 Å². The van der Waals surface area contributed by atoms with Crippen molar-refractivity contribution < 1.29 is 19.4 Å². The topological polar surface area (TPSA) is 101 Å². The van der Waals surface area contributed by atoms with Gasteiger partial charge in [-0.15, -0.1) is 11.3 Å². The first-order chi connectivity index (χ1) is 9.45. The third kappa shape index (κ3) is 3.43. The summed E-state index contributed by atoms with van der Waals surface area (Å²) in [5, 5.41) is 12.0. The van der Waals surface area contributed by atoms with Gasteiger partial charge in [0.1, 0.15) is 5.82 Å². The van der Waals surface area contributed by atoms with Gasteiger partial charge in [0.15, 0.2) is 4.88 Å². The van der Waals surface area contributed by atoms with E-state index in [0.717, 1.165) is 11.3 Å². The number of aryl methyl sites for hydroxylation is 1. The summed E-state index contributed by atoms with van der Waals surface area (Å²) in [7, 11) is 0. The largest absolute Gasteiger partial charge is 0.512 e. The summed E-state index contributed by atoms with van der Waals surface area (Å²) in [4.78, 5) is 30.4. The van der Waals surface area contributed by atoms with Gasteiger partial charge in [-0.1, -0.05) is 11.6 Å². The summed E-state index contributed by atoms with van der Waals surface area (Å²) in [6.45, 7) is 1.64. The maximum absolute atomic E-state index is 12.0. The van der Waals surface area contributed by atoms with Crippen molar-refractivity contribution in [2.75, 3.05) is 5.32 Å². The Morgan fingerprint density at radius 2 is 2.20 bits per heavy atom. The van der Waals surface area contributed by atoms with Crippen LogP contribution in [0.4, 0.5) is 10.6 Å². The first-order valence-electron chi connectivity index (χ1n) is 5.27. The van der Waals surface area contributed by atoms with E-state index in [9.17, 15) is 9.59 Å². The van der Waals surface area contributed by atoms with Crippen LogP contribution in [0.5, 0.6) is 5.88 Å². The molecule has 2 N–H and O–H groups in total. The number of anilines is 1. The van der Waals surface area contributed by atoms with Gasteiger partial charge in [-0.2, -0.15) is 0 Å². The molecule has 0 aliphatic heterocycles. The highest BCUT2D eigenvalue weighted by Crippen LogP contribution is 2.26. The molecule has 0 atom stereocenters. The smallest absolute Gasteiger partial charge is 0.449 e. The molecular weight excluding hydrogens is 306 g/mol. The molecule has 2 aromatic heterocycles. The molecule has 9 heteroatoms. The first kappa shape index (κ1) is 14.2. The van der Waals surface area contributed by atoms with Crippen LogP contribution in [0.15, 0.2) is 18.3 Å². The lowest BCUT2D eigenvalue weighted by Gasteiger charge is -2.03. The Hall–Kier alpha value is -2.19. The number of amides is 1. The van der Waals surface area contributed by atoms with Crippen LogP contribution < -0.4 is 10.1 Å². The summed E-state index contributed by atoms with van der Waals surface area (Å²) in [6, 6.07) is 3.09. The second-order valence-electron chi connectivity index (χ2n) is 3.55. The molecule has 0 fully saturated rings. The molecule has 1 amide bonds. The normalized spacial score (nSPS) is 10.1. The number of hydrogen-bond acceptors (Lipinski definition) is 6. The molecule has 0 unspecified atom stereocenters. The van der Waals surface area contributed by atoms with Gasteiger partial charge in [-0.3, -0.25) is 4.79 Å². The first-order valence-corrected chi connectivity index (χ1v) is 6.46. The molecule has 0 aromatic carbocycles. The number of nitrogens with zero attached hydrogens (tertiary/aromatic N) is 2. The van der Waals surface area contributed by atoms with E-state index in [1.54, 1.807) is 13.0 Å². The monoisotopic (exact) mass is 313 g/mol. The number of aromatic nitrogens is 2. The van der Waals surface area contributed by atoms with Gasteiger partial charge in [0, 0.05) is 6.20 Å². The molecule has 20 heavy (non-hydrogen) atoms. The van der Waals surface area contributed by atoms with Crippen LogP contribution in [0.25, 0.3) is 0 Å². The van der Waals surface area contributed by atoms with Crippen molar-refractivity contribution in [3.63, 3.8) is 0 Å². The Kier molecular flexibility index (Phi) is 4.16. The molecule has 0 aliphatic rings. The molecule has 0 spiro atoms. The zero-order valence-electron chi connectivity index (χ0n) is 10.1. The Balaban J connectivity index is 2.20. The van der Waals surface area contributed by atoms with Crippen molar-refractivity contribution in [1.82, 2.24) is 9.97 Å². The lowest BCUT2D eigenvalue weighted by atomic mass is 10.4. The van der Waals surface area contributed by atoms with E-state index >= 15 is 0 Å². The Morgan fingerprint density at radius 1 is 1.45 bits per heavy atom. The number of carbonyl (C=O) groups excluding carboxylic acids is 1. The second-order valence-corrected chi connectivity index (χ2v) is 5.19. The van der Waals surface area contributed by atoms with Crippen molar-refractivity contribution in [2.24, 2.45) is 0 Å². The third-order valence-corrected chi connectivity index (χ3v) is 3.24. The predicted octanol–water partition coefficient (Wildman–Crippen LogP) is 2.81. The molecule has 0 aliphatic carbocycles. The third-order valence-electron chi connectivity index (χ3n) is 2.06. The summed E-state index contributed by atoms with van der Waals surface area (Å²) in [5.74, 6) is -0.514. The summed E-state index contributed by atoms with van der Waals surface area (Å²) >= 11 is 6.70. The fraction of sp³-hybridized carbons (Fsp3) is 0.0909. The fourth-order valence-corrected chi connectivity index (χ4v) is 2.18. The molecule has 0 radical (unpaired) electrons. The van der Waals surface area contributed by atoms with E-state index < -0.39 is 12.1 Å². The SMILES string of the molecule is Cc1nc(OC(=O)O)c(C(=O)Nc2ccc(Cl)cn2)s1.